The van der Waals surface area contributed by atoms with Gasteiger partial charge in [0.1, 0.15) is 0 Å². The van der Waals surface area contributed by atoms with E-state index < -0.39 is 8.07 Å². The summed E-state index contributed by atoms with van der Waals surface area (Å²) in [5.74, 6) is 1.23. The number of hydrogen-bond donors (Lipinski definition) is 1. The Morgan fingerprint density at radius 2 is 2.10 bits per heavy atom. The number of aliphatic hydroxyl groups is 1. The molecule has 0 saturated heterocycles. The molecule has 0 aromatic carbocycles. The fraction of sp³-hybridized carbons (Fsp3) is 0.706. The number of rotatable bonds is 7. The molecule has 20 heavy (non-hydrogen) atoms. The Bertz CT molecular complexity index is 377. The third kappa shape index (κ3) is 5.76. The van der Waals surface area contributed by atoms with Crippen molar-refractivity contribution in [2.45, 2.75) is 58.7 Å². The lowest BCUT2D eigenvalue weighted by Gasteiger charge is -2.27. The van der Waals surface area contributed by atoms with Crippen LogP contribution in [0.25, 0.3) is 0 Å². The Hall–Kier alpha value is -0.673. The standard InChI is InChI=1S/C17H30O2Si/c1-14(20(2,3)4)8-9-15-10-11-17(19)13-16(15)7-5-6-12-18/h8,10-11,15-16,18H,5-7,9,12-13H2,1-4H3/b14-8+/t15-,16-/m1/s1. The molecule has 1 N–H and O–H groups in total. The number of aliphatic hydroxyl groups excluding tert-OH is 1. The molecule has 0 radical (unpaired) electrons. The molecular weight excluding hydrogens is 264 g/mol. The quantitative estimate of drug-likeness (QED) is 0.566. The number of hydrogen-bond acceptors (Lipinski definition) is 2. The van der Waals surface area contributed by atoms with Crippen molar-refractivity contribution in [3.63, 3.8) is 0 Å². The summed E-state index contributed by atoms with van der Waals surface area (Å²) in [6.45, 7) is 9.63. The second-order valence-electron chi connectivity index (χ2n) is 7.05. The van der Waals surface area contributed by atoms with Crippen LogP contribution in [-0.2, 0) is 4.79 Å². The highest BCUT2D eigenvalue weighted by atomic mass is 28.3. The zero-order valence-corrected chi connectivity index (χ0v) is 14.5. The molecule has 1 aliphatic carbocycles. The largest absolute Gasteiger partial charge is 0.396 e. The minimum absolute atomic E-state index is 0.260. The first-order valence-corrected chi connectivity index (χ1v) is 11.3. The highest BCUT2D eigenvalue weighted by molar-refractivity contribution is 6.82. The predicted molar refractivity (Wildman–Crippen MR) is 88.4 cm³/mol. The second-order valence-corrected chi connectivity index (χ2v) is 12.3. The minimum Gasteiger partial charge on any atom is -0.396 e. The molecule has 2 atom stereocenters. The normalized spacial score (nSPS) is 24.2. The Kier molecular flexibility index (Phi) is 6.90. The fourth-order valence-corrected chi connectivity index (χ4v) is 3.32. The van der Waals surface area contributed by atoms with Gasteiger partial charge in [-0.15, -0.1) is 0 Å². The molecule has 0 aliphatic heterocycles. The Morgan fingerprint density at radius 3 is 2.70 bits per heavy atom. The fourth-order valence-electron chi connectivity index (χ4n) is 2.59. The lowest BCUT2D eigenvalue weighted by atomic mass is 9.78. The average molecular weight is 295 g/mol. The van der Waals surface area contributed by atoms with Gasteiger partial charge in [-0.3, -0.25) is 4.79 Å². The molecule has 0 fully saturated rings. The summed E-state index contributed by atoms with van der Waals surface area (Å²) in [5.41, 5.74) is 0. The molecule has 2 nitrogen and oxygen atoms in total. The molecule has 0 heterocycles. The van der Waals surface area contributed by atoms with Gasteiger partial charge in [-0.05, 0) is 44.1 Å². The highest BCUT2D eigenvalue weighted by Crippen LogP contribution is 2.31. The van der Waals surface area contributed by atoms with Gasteiger partial charge < -0.3 is 5.11 Å². The lowest BCUT2D eigenvalue weighted by molar-refractivity contribution is -0.116. The number of unbranched alkanes of at least 4 members (excludes halogenated alkanes) is 1. The molecule has 0 aromatic heterocycles. The van der Waals surface area contributed by atoms with E-state index in [1.807, 2.05) is 0 Å². The Morgan fingerprint density at radius 1 is 1.40 bits per heavy atom. The molecule has 0 saturated carbocycles. The molecule has 0 amide bonds. The van der Waals surface area contributed by atoms with E-state index in [2.05, 4.69) is 38.7 Å². The molecule has 0 aromatic rings. The van der Waals surface area contributed by atoms with Gasteiger partial charge in [0.05, 0.1) is 8.07 Å². The van der Waals surface area contributed by atoms with Gasteiger partial charge in [-0.25, -0.2) is 0 Å². The summed E-state index contributed by atoms with van der Waals surface area (Å²) in [6.07, 6.45) is 11.0. The second kappa shape index (κ2) is 7.94. The highest BCUT2D eigenvalue weighted by Gasteiger charge is 2.25. The smallest absolute Gasteiger partial charge is 0.155 e. The molecule has 1 aliphatic rings. The van der Waals surface area contributed by atoms with Gasteiger partial charge in [0.25, 0.3) is 0 Å². The van der Waals surface area contributed by atoms with Crippen LogP contribution in [0.4, 0.5) is 0 Å². The summed E-state index contributed by atoms with van der Waals surface area (Å²) < 4.78 is 0. The van der Waals surface area contributed by atoms with Crippen molar-refractivity contribution in [1.29, 1.82) is 0 Å². The number of allylic oxidation sites excluding steroid dienone is 4. The first-order valence-electron chi connectivity index (χ1n) is 7.83. The molecule has 0 bridgehead atoms. The maximum atomic E-state index is 11.6. The summed E-state index contributed by atoms with van der Waals surface area (Å²) in [7, 11) is -1.17. The lowest BCUT2D eigenvalue weighted by Crippen LogP contribution is -2.24. The summed E-state index contributed by atoms with van der Waals surface area (Å²) in [6, 6.07) is 0. The van der Waals surface area contributed by atoms with Gasteiger partial charge in [-0.1, -0.05) is 43.4 Å². The maximum Gasteiger partial charge on any atom is 0.155 e. The number of carbonyl (C=O) groups excluding carboxylic acids is 1. The van der Waals surface area contributed by atoms with Gasteiger partial charge in [0, 0.05) is 13.0 Å². The van der Waals surface area contributed by atoms with Gasteiger partial charge in [0.2, 0.25) is 0 Å². The van der Waals surface area contributed by atoms with E-state index >= 15 is 0 Å². The van der Waals surface area contributed by atoms with Crippen molar-refractivity contribution in [3.05, 3.63) is 23.4 Å². The van der Waals surface area contributed by atoms with Crippen molar-refractivity contribution in [2.24, 2.45) is 11.8 Å². The van der Waals surface area contributed by atoms with Crippen molar-refractivity contribution in [3.8, 4) is 0 Å². The molecule has 114 valence electrons. The van der Waals surface area contributed by atoms with E-state index in [0.717, 1.165) is 25.7 Å². The first-order chi connectivity index (χ1) is 9.34. The van der Waals surface area contributed by atoms with E-state index in [-0.39, 0.29) is 12.4 Å². The average Bonchev–Trinajstić information content (AvgIpc) is 2.36. The topological polar surface area (TPSA) is 37.3 Å². The third-order valence-electron chi connectivity index (χ3n) is 4.46. The molecule has 3 heteroatoms. The van der Waals surface area contributed by atoms with E-state index in [9.17, 15) is 4.79 Å². The van der Waals surface area contributed by atoms with E-state index in [1.54, 1.807) is 11.3 Å². The van der Waals surface area contributed by atoms with Crippen LogP contribution < -0.4 is 0 Å². The van der Waals surface area contributed by atoms with Crippen LogP contribution in [0.3, 0.4) is 0 Å². The van der Waals surface area contributed by atoms with Crippen molar-refractivity contribution >= 4 is 13.9 Å². The zero-order chi connectivity index (χ0) is 15.2. The van der Waals surface area contributed by atoms with Gasteiger partial charge in [0.15, 0.2) is 5.78 Å². The first kappa shape index (κ1) is 17.4. The van der Waals surface area contributed by atoms with Crippen molar-refractivity contribution < 1.29 is 9.90 Å². The van der Waals surface area contributed by atoms with E-state index in [0.29, 0.717) is 18.3 Å². The summed E-state index contributed by atoms with van der Waals surface area (Å²) in [4.78, 5) is 11.6. The van der Waals surface area contributed by atoms with Crippen molar-refractivity contribution in [2.75, 3.05) is 6.61 Å². The monoisotopic (exact) mass is 294 g/mol. The number of carbonyl (C=O) groups is 1. The third-order valence-corrected chi connectivity index (χ3v) is 7.03. The van der Waals surface area contributed by atoms with E-state index in [4.69, 9.17) is 5.11 Å². The molecular formula is C17H30O2Si. The molecule has 0 spiro atoms. The van der Waals surface area contributed by atoms with Crippen LogP contribution in [-0.4, -0.2) is 25.6 Å². The van der Waals surface area contributed by atoms with Crippen molar-refractivity contribution in [1.82, 2.24) is 0 Å². The zero-order valence-electron chi connectivity index (χ0n) is 13.5. The molecule has 1 rings (SSSR count). The van der Waals surface area contributed by atoms with Crippen LogP contribution in [0.1, 0.15) is 39.0 Å². The predicted octanol–water partition coefficient (Wildman–Crippen LogP) is 4.12. The Labute approximate surface area is 125 Å². The van der Waals surface area contributed by atoms with Crippen LogP contribution in [0.5, 0.6) is 0 Å². The molecule has 0 unspecified atom stereocenters. The van der Waals surface area contributed by atoms with E-state index in [1.165, 1.54) is 0 Å². The van der Waals surface area contributed by atoms with Crippen LogP contribution in [0.15, 0.2) is 23.4 Å². The maximum absolute atomic E-state index is 11.6. The van der Waals surface area contributed by atoms with Gasteiger partial charge in [-0.2, -0.15) is 0 Å². The number of ketones is 1. The van der Waals surface area contributed by atoms with Gasteiger partial charge >= 0.3 is 0 Å². The van der Waals surface area contributed by atoms with Crippen LogP contribution in [0, 0.1) is 11.8 Å². The van der Waals surface area contributed by atoms with Crippen LogP contribution in [0.2, 0.25) is 19.6 Å². The summed E-state index contributed by atoms with van der Waals surface area (Å²) >= 11 is 0. The Balaban J connectivity index is 2.64. The minimum atomic E-state index is -1.17. The van der Waals surface area contributed by atoms with Crippen LogP contribution >= 0.6 is 0 Å². The SMILES string of the molecule is C/C(=C\C[C@@H]1C=CC(=O)C[C@H]1CCCCO)[Si](C)(C)C. The summed E-state index contributed by atoms with van der Waals surface area (Å²) in [5, 5.41) is 10.4.